The molecule has 1 saturated carbocycles. The topological polar surface area (TPSA) is 40.5 Å². The number of amides is 1. The molecule has 0 aromatic heterocycles. The minimum atomic E-state index is 0.251. The van der Waals surface area contributed by atoms with E-state index in [0.29, 0.717) is 18.4 Å². The van der Waals surface area contributed by atoms with Gasteiger partial charge in [0.05, 0.1) is 0 Å². The van der Waals surface area contributed by atoms with Gasteiger partial charge in [-0.15, -0.1) is 0 Å². The lowest BCUT2D eigenvalue weighted by molar-refractivity contribution is -0.119. The van der Waals surface area contributed by atoms with Crippen molar-refractivity contribution in [3.8, 4) is 0 Å². The molecule has 0 radical (unpaired) electrons. The number of aryl methyl sites for hydroxylation is 2. The zero-order chi connectivity index (χ0) is 14.5. The second-order valence-corrected chi connectivity index (χ2v) is 6.10. The van der Waals surface area contributed by atoms with Gasteiger partial charge in [-0.1, -0.05) is 30.2 Å². The maximum atomic E-state index is 11.4. The van der Waals surface area contributed by atoms with Crippen molar-refractivity contribution in [2.45, 2.75) is 39.7 Å². The van der Waals surface area contributed by atoms with Crippen LogP contribution in [0.15, 0.2) is 18.2 Å². The summed E-state index contributed by atoms with van der Waals surface area (Å²) in [5, 5.41) is 9.39. The van der Waals surface area contributed by atoms with Crippen LogP contribution in [0.25, 0.3) is 0 Å². The van der Waals surface area contributed by atoms with Crippen LogP contribution in [-0.4, -0.2) is 29.6 Å². The first kappa shape index (κ1) is 15.0. The number of nitrogens with zero attached hydrogens (tertiary/aromatic N) is 1. The van der Waals surface area contributed by atoms with E-state index in [2.05, 4.69) is 32.0 Å². The first-order valence-corrected chi connectivity index (χ1v) is 7.50. The minimum absolute atomic E-state index is 0.251. The number of carbonyl (C=O) groups excluding carboxylic acids is 1. The van der Waals surface area contributed by atoms with Crippen molar-refractivity contribution in [3.63, 3.8) is 0 Å². The van der Waals surface area contributed by atoms with E-state index in [0.717, 1.165) is 25.8 Å². The SMILES string of the molecule is Cc1ccc(C)c(CN(C=O)CC2CCCC2CO)c1. The van der Waals surface area contributed by atoms with Crippen molar-refractivity contribution in [1.29, 1.82) is 0 Å². The predicted octanol–water partition coefficient (Wildman–Crippen LogP) is 2.67. The van der Waals surface area contributed by atoms with Crippen LogP contribution < -0.4 is 0 Å². The van der Waals surface area contributed by atoms with Crippen LogP contribution in [0.3, 0.4) is 0 Å². The maximum Gasteiger partial charge on any atom is 0.210 e. The molecule has 1 aliphatic rings. The van der Waals surface area contributed by atoms with Gasteiger partial charge in [0.15, 0.2) is 0 Å². The first-order valence-electron chi connectivity index (χ1n) is 7.50. The van der Waals surface area contributed by atoms with Crippen LogP contribution in [0.4, 0.5) is 0 Å². The molecule has 0 spiro atoms. The standard InChI is InChI=1S/C17H25NO2/c1-13-6-7-14(2)17(8-13)10-18(12-20)9-15-4-3-5-16(15)11-19/h6-8,12,15-16,19H,3-5,9-11H2,1-2H3. The fourth-order valence-electron chi connectivity index (χ4n) is 3.23. The van der Waals surface area contributed by atoms with Gasteiger partial charge in [0.25, 0.3) is 0 Å². The molecule has 1 N–H and O–H groups in total. The lowest BCUT2D eigenvalue weighted by Crippen LogP contribution is -2.31. The molecule has 1 amide bonds. The number of hydrogen-bond donors (Lipinski definition) is 1. The zero-order valence-electron chi connectivity index (χ0n) is 12.5. The summed E-state index contributed by atoms with van der Waals surface area (Å²) in [5.41, 5.74) is 3.67. The molecule has 1 aromatic rings. The average Bonchev–Trinajstić information content (AvgIpc) is 2.89. The summed E-state index contributed by atoms with van der Waals surface area (Å²) in [5.74, 6) is 0.825. The van der Waals surface area contributed by atoms with Crippen molar-refractivity contribution in [3.05, 3.63) is 34.9 Å². The van der Waals surface area contributed by atoms with Crippen LogP contribution in [-0.2, 0) is 11.3 Å². The van der Waals surface area contributed by atoms with Gasteiger partial charge in [-0.05, 0) is 49.7 Å². The number of aliphatic hydroxyl groups excluding tert-OH is 1. The highest BCUT2D eigenvalue weighted by molar-refractivity contribution is 5.48. The molecular formula is C17H25NO2. The van der Waals surface area contributed by atoms with Crippen LogP contribution in [0.2, 0.25) is 0 Å². The fraction of sp³-hybridized carbons (Fsp3) is 0.588. The largest absolute Gasteiger partial charge is 0.396 e. The van der Waals surface area contributed by atoms with Crippen molar-refractivity contribution in [1.82, 2.24) is 4.90 Å². The van der Waals surface area contributed by atoms with E-state index in [1.165, 1.54) is 23.1 Å². The maximum absolute atomic E-state index is 11.4. The third-order valence-electron chi connectivity index (χ3n) is 4.55. The molecule has 0 saturated heterocycles. The third-order valence-corrected chi connectivity index (χ3v) is 4.55. The lowest BCUT2D eigenvalue weighted by atomic mass is 9.96. The van der Waals surface area contributed by atoms with Crippen molar-refractivity contribution >= 4 is 6.41 Å². The number of benzene rings is 1. The molecule has 3 heteroatoms. The molecule has 0 aliphatic heterocycles. The molecule has 2 unspecified atom stereocenters. The summed E-state index contributed by atoms with van der Waals surface area (Å²) in [6, 6.07) is 6.37. The van der Waals surface area contributed by atoms with Crippen molar-refractivity contribution in [2.24, 2.45) is 11.8 Å². The average molecular weight is 275 g/mol. The first-order chi connectivity index (χ1) is 9.63. The Hall–Kier alpha value is -1.35. The molecule has 1 fully saturated rings. The summed E-state index contributed by atoms with van der Waals surface area (Å²) in [7, 11) is 0. The Kier molecular flexibility index (Phi) is 5.18. The Balaban J connectivity index is 2.01. The lowest BCUT2D eigenvalue weighted by Gasteiger charge is -2.25. The van der Waals surface area contributed by atoms with E-state index in [-0.39, 0.29) is 6.61 Å². The van der Waals surface area contributed by atoms with Gasteiger partial charge in [0.1, 0.15) is 0 Å². The number of rotatable bonds is 6. The van der Waals surface area contributed by atoms with E-state index in [9.17, 15) is 9.90 Å². The number of hydrogen-bond acceptors (Lipinski definition) is 2. The Labute approximate surface area is 121 Å². The van der Waals surface area contributed by atoms with Crippen LogP contribution in [0, 0.1) is 25.7 Å². The van der Waals surface area contributed by atoms with E-state index < -0.39 is 0 Å². The van der Waals surface area contributed by atoms with Gasteiger partial charge in [0, 0.05) is 19.7 Å². The monoisotopic (exact) mass is 275 g/mol. The molecule has 0 heterocycles. The molecule has 0 bridgehead atoms. The van der Waals surface area contributed by atoms with E-state index in [1.807, 2.05) is 4.90 Å². The Morgan fingerprint density at radius 2 is 2.05 bits per heavy atom. The van der Waals surface area contributed by atoms with Gasteiger partial charge < -0.3 is 10.0 Å². The molecule has 20 heavy (non-hydrogen) atoms. The molecule has 2 atom stereocenters. The summed E-state index contributed by atoms with van der Waals surface area (Å²) < 4.78 is 0. The number of aliphatic hydroxyl groups is 1. The Morgan fingerprint density at radius 1 is 1.30 bits per heavy atom. The highest BCUT2D eigenvalue weighted by Gasteiger charge is 2.28. The number of carbonyl (C=O) groups is 1. The van der Waals surface area contributed by atoms with Gasteiger partial charge in [-0.25, -0.2) is 0 Å². The van der Waals surface area contributed by atoms with Crippen molar-refractivity contribution < 1.29 is 9.90 Å². The summed E-state index contributed by atoms with van der Waals surface area (Å²) >= 11 is 0. The highest BCUT2D eigenvalue weighted by Crippen LogP contribution is 2.32. The molecule has 3 nitrogen and oxygen atoms in total. The molecule has 1 aliphatic carbocycles. The van der Waals surface area contributed by atoms with Crippen LogP contribution in [0.5, 0.6) is 0 Å². The second kappa shape index (κ2) is 6.89. The van der Waals surface area contributed by atoms with Gasteiger partial charge >= 0.3 is 0 Å². The van der Waals surface area contributed by atoms with Crippen molar-refractivity contribution in [2.75, 3.05) is 13.2 Å². The highest BCUT2D eigenvalue weighted by atomic mass is 16.3. The Morgan fingerprint density at radius 3 is 2.75 bits per heavy atom. The van der Waals surface area contributed by atoms with Gasteiger partial charge in [-0.3, -0.25) is 4.79 Å². The molecular weight excluding hydrogens is 250 g/mol. The fourth-order valence-corrected chi connectivity index (χ4v) is 3.23. The third kappa shape index (κ3) is 3.60. The minimum Gasteiger partial charge on any atom is -0.396 e. The zero-order valence-corrected chi connectivity index (χ0v) is 12.5. The van der Waals surface area contributed by atoms with Gasteiger partial charge in [0.2, 0.25) is 6.41 Å². The smallest absolute Gasteiger partial charge is 0.210 e. The quantitative estimate of drug-likeness (QED) is 0.811. The van der Waals surface area contributed by atoms with E-state index in [4.69, 9.17) is 0 Å². The summed E-state index contributed by atoms with van der Waals surface area (Å²) in [6.45, 7) is 5.85. The Bertz CT molecular complexity index is 458. The van der Waals surface area contributed by atoms with Crippen LogP contribution >= 0.6 is 0 Å². The predicted molar refractivity (Wildman–Crippen MR) is 80.3 cm³/mol. The summed E-state index contributed by atoms with van der Waals surface area (Å²) in [4.78, 5) is 13.2. The second-order valence-electron chi connectivity index (χ2n) is 6.10. The molecule has 1 aromatic carbocycles. The summed E-state index contributed by atoms with van der Waals surface area (Å²) in [6.07, 6.45) is 4.35. The molecule has 110 valence electrons. The van der Waals surface area contributed by atoms with Crippen LogP contribution in [0.1, 0.15) is 36.0 Å². The van der Waals surface area contributed by atoms with Gasteiger partial charge in [-0.2, -0.15) is 0 Å². The van der Waals surface area contributed by atoms with E-state index >= 15 is 0 Å². The molecule has 2 rings (SSSR count). The van der Waals surface area contributed by atoms with E-state index in [1.54, 1.807) is 0 Å². The normalized spacial score (nSPS) is 21.9.